The average Bonchev–Trinajstić information content (AvgIpc) is 2.88. The van der Waals surface area contributed by atoms with Crippen LogP contribution in [0.1, 0.15) is 31.4 Å². The minimum absolute atomic E-state index is 0. The average molecular weight is 299 g/mol. The third kappa shape index (κ3) is 2.84. The van der Waals surface area contributed by atoms with Crippen molar-refractivity contribution in [2.24, 2.45) is 5.73 Å². The Labute approximate surface area is 126 Å². The molecule has 0 bridgehead atoms. The second-order valence-electron chi connectivity index (χ2n) is 5.79. The van der Waals surface area contributed by atoms with Gasteiger partial charge in [0.1, 0.15) is 0 Å². The van der Waals surface area contributed by atoms with Crippen molar-refractivity contribution in [1.82, 2.24) is 4.98 Å². The molecule has 2 saturated heterocycles. The molecule has 2 unspecified atom stereocenters. The fraction of sp³-hybridized carbons (Fsp3) is 0.667. The van der Waals surface area contributed by atoms with Gasteiger partial charge >= 0.3 is 0 Å². The van der Waals surface area contributed by atoms with E-state index in [0.29, 0.717) is 13.2 Å². The maximum atomic E-state index is 6.06. The molecule has 0 radical (unpaired) electrons. The Morgan fingerprint density at radius 3 is 2.80 bits per heavy atom. The zero-order valence-corrected chi connectivity index (χ0v) is 12.5. The molecule has 0 amide bonds. The molecular formula is C15H23ClN2O2. The van der Waals surface area contributed by atoms with Crippen molar-refractivity contribution in [3.8, 4) is 0 Å². The monoisotopic (exact) mass is 298 g/mol. The van der Waals surface area contributed by atoms with Crippen LogP contribution in [0.15, 0.2) is 24.4 Å². The summed E-state index contributed by atoms with van der Waals surface area (Å²) >= 11 is 0. The number of ether oxygens (including phenoxy) is 2. The lowest BCUT2D eigenvalue weighted by atomic mass is 9.68. The van der Waals surface area contributed by atoms with Gasteiger partial charge in [0, 0.05) is 36.9 Å². The number of hydrogen-bond donors (Lipinski definition) is 1. The van der Waals surface area contributed by atoms with Gasteiger partial charge in [-0.1, -0.05) is 6.07 Å². The Morgan fingerprint density at radius 2 is 2.15 bits per heavy atom. The zero-order valence-electron chi connectivity index (χ0n) is 11.7. The van der Waals surface area contributed by atoms with Gasteiger partial charge in [-0.3, -0.25) is 4.98 Å². The summed E-state index contributed by atoms with van der Waals surface area (Å²) in [7, 11) is 0. The molecular weight excluding hydrogens is 276 g/mol. The predicted molar refractivity (Wildman–Crippen MR) is 80.2 cm³/mol. The van der Waals surface area contributed by atoms with Crippen LogP contribution in [0.5, 0.6) is 0 Å². The Kier molecular flexibility index (Phi) is 5.02. The summed E-state index contributed by atoms with van der Waals surface area (Å²) in [6, 6.07) is 6.16. The molecule has 2 aliphatic heterocycles. The molecule has 2 fully saturated rings. The molecule has 3 rings (SSSR count). The van der Waals surface area contributed by atoms with Crippen LogP contribution in [0.3, 0.4) is 0 Å². The number of hydrogen-bond acceptors (Lipinski definition) is 4. The molecule has 2 N–H and O–H groups in total. The predicted octanol–water partition coefficient (Wildman–Crippen LogP) is 2.06. The van der Waals surface area contributed by atoms with Crippen molar-refractivity contribution in [3.05, 3.63) is 30.1 Å². The van der Waals surface area contributed by atoms with Gasteiger partial charge < -0.3 is 15.2 Å². The first-order valence-electron chi connectivity index (χ1n) is 7.12. The van der Waals surface area contributed by atoms with Gasteiger partial charge in [0.15, 0.2) is 0 Å². The van der Waals surface area contributed by atoms with Crippen molar-refractivity contribution >= 4 is 12.4 Å². The van der Waals surface area contributed by atoms with Crippen LogP contribution in [-0.4, -0.2) is 37.0 Å². The van der Waals surface area contributed by atoms with E-state index in [1.54, 1.807) is 0 Å². The van der Waals surface area contributed by atoms with E-state index in [4.69, 9.17) is 15.2 Å². The highest BCUT2D eigenvalue weighted by Gasteiger charge is 2.48. The van der Waals surface area contributed by atoms with Crippen LogP contribution in [0, 0.1) is 0 Å². The fourth-order valence-corrected chi connectivity index (χ4v) is 3.57. The van der Waals surface area contributed by atoms with Crippen LogP contribution in [0.4, 0.5) is 0 Å². The van der Waals surface area contributed by atoms with E-state index in [-0.39, 0.29) is 23.4 Å². The normalized spacial score (nSPS) is 33.0. The topological polar surface area (TPSA) is 57.4 Å². The van der Waals surface area contributed by atoms with E-state index < -0.39 is 0 Å². The molecule has 20 heavy (non-hydrogen) atoms. The Balaban J connectivity index is 0.00000147. The summed E-state index contributed by atoms with van der Waals surface area (Å²) in [5, 5.41) is 0. The van der Waals surface area contributed by atoms with Crippen LogP contribution >= 0.6 is 12.4 Å². The Bertz CT molecular complexity index is 419. The van der Waals surface area contributed by atoms with Crippen molar-refractivity contribution in [1.29, 1.82) is 0 Å². The smallest absolute Gasteiger partial charge is 0.0945 e. The van der Waals surface area contributed by atoms with E-state index in [9.17, 15) is 0 Å². The highest BCUT2D eigenvalue weighted by molar-refractivity contribution is 5.85. The first-order chi connectivity index (χ1) is 9.29. The summed E-state index contributed by atoms with van der Waals surface area (Å²) in [5.41, 5.74) is 6.98. The minimum Gasteiger partial charge on any atom is -0.378 e. The quantitative estimate of drug-likeness (QED) is 0.928. The molecule has 2 aliphatic rings. The number of halogens is 1. The molecule has 1 aromatic heterocycles. The second-order valence-corrected chi connectivity index (χ2v) is 5.79. The number of nitrogens with two attached hydrogens (primary N) is 1. The SMILES string of the molecule is Cl.NCCC1(c2ccccn2)CCOC2(CCOC2)C1. The lowest BCUT2D eigenvalue weighted by Crippen LogP contribution is -2.49. The minimum atomic E-state index is -0.106. The highest BCUT2D eigenvalue weighted by atomic mass is 35.5. The highest BCUT2D eigenvalue weighted by Crippen LogP contribution is 2.46. The van der Waals surface area contributed by atoms with E-state index in [1.807, 2.05) is 12.3 Å². The molecule has 5 heteroatoms. The fourth-order valence-electron chi connectivity index (χ4n) is 3.57. The van der Waals surface area contributed by atoms with Crippen molar-refractivity contribution in [2.75, 3.05) is 26.4 Å². The largest absolute Gasteiger partial charge is 0.378 e. The van der Waals surface area contributed by atoms with Gasteiger partial charge in [-0.25, -0.2) is 0 Å². The first-order valence-corrected chi connectivity index (χ1v) is 7.12. The summed E-state index contributed by atoms with van der Waals surface area (Å²) in [6.07, 6.45) is 5.82. The molecule has 1 spiro atoms. The summed E-state index contributed by atoms with van der Waals surface area (Å²) in [4.78, 5) is 4.60. The van der Waals surface area contributed by atoms with E-state index in [1.165, 1.54) is 0 Å². The van der Waals surface area contributed by atoms with Crippen LogP contribution < -0.4 is 5.73 Å². The molecule has 3 heterocycles. The number of pyridine rings is 1. The van der Waals surface area contributed by atoms with Crippen molar-refractivity contribution < 1.29 is 9.47 Å². The van der Waals surface area contributed by atoms with Crippen LogP contribution in [-0.2, 0) is 14.9 Å². The van der Waals surface area contributed by atoms with E-state index >= 15 is 0 Å². The van der Waals surface area contributed by atoms with Gasteiger partial charge in [-0.15, -0.1) is 12.4 Å². The molecule has 1 aromatic rings. The molecule has 2 atom stereocenters. The van der Waals surface area contributed by atoms with E-state index in [2.05, 4.69) is 17.1 Å². The Hall–Kier alpha value is -0.680. The number of rotatable bonds is 3. The van der Waals surface area contributed by atoms with Gasteiger partial charge in [0.05, 0.1) is 12.2 Å². The standard InChI is InChI=1S/C15H22N2O2.ClH/c16-7-4-14(13-3-1-2-8-17-13)5-10-19-15(11-14)6-9-18-12-15;/h1-3,8H,4-7,9-12,16H2;1H. The maximum Gasteiger partial charge on any atom is 0.0945 e. The summed E-state index contributed by atoms with van der Waals surface area (Å²) < 4.78 is 11.6. The summed E-state index contributed by atoms with van der Waals surface area (Å²) in [5.74, 6) is 0. The van der Waals surface area contributed by atoms with E-state index in [0.717, 1.165) is 44.6 Å². The Morgan fingerprint density at radius 1 is 1.25 bits per heavy atom. The third-order valence-corrected chi connectivity index (χ3v) is 4.55. The second kappa shape index (κ2) is 6.39. The van der Waals surface area contributed by atoms with Gasteiger partial charge in [0.25, 0.3) is 0 Å². The molecule has 0 aliphatic carbocycles. The summed E-state index contributed by atoms with van der Waals surface area (Å²) in [6.45, 7) is 2.99. The van der Waals surface area contributed by atoms with Gasteiger partial charge in [0.2, 0.25) is 0 Å². The van der Waals surface area contributed by atoms with Gasteiger partial charge in [-0.05, 0) is 37.9 Å². The zero-order chi connectivity index (χ0) is 13.2. The van der Waals surface area contributed by atoms with Crippen LogP contribution in [0.2, 0.25) is 0 Å². The van der Waals surface area contributed by atoms with Crippen LogP contribution in [0.25, 0.3) is 0 Å². The number of aromatic nitrogens is 1. The van der Waals surface area contributed by atoms with Crippen molar-refractivity contribution in [2.45, 2.75) is 36.7 Å². The number of nitrogens with zero attached hydrogens (tertiary/aromatic N) is 1. The molecule has 112 valence electrons. The van der Waals surface area contributed by atoms with Gasteiger partial charge in [-0.2, -0.15) is 0 Å². The molecule has 4 nitrogen and oxygen atoms in total. The maximum absolute atomic E-state index is 6.06. The lowest BCUT2D eigenvalue weighted by Gasteiger charge is -2.45. The first kappa shape index (κ1) is 15.7. The lowest BCUT2D eigenvalue weighted by molar-refractivity contribution is -0.108. The third-order valence-electron chi connectivity index (χ3n) is 4.55. The van der Waals surface area contributed by atoms with Crippen molar-refractivity contribution in [3.63, 3.8) is 0 Å². The molecule has 0 saturated carbocycles. The molecule has 0 aromatic carbocycles.